The third kappa shape index (κ3) is 4.37. The lowest BCUT2D eigenvalue weighted by atomic mass is 9.94. The number of amides is 1. The summed E-state index contributed by atoms with van der Waals surface area (Å²) < 4.78 is 5.56. The summed E-state index contributed by atoms with van der Waals surface area (Å²) in [4.78, 5) is 14.3. The molecule has 0 heterocycles. The molecule has 0 aromatic rings. The van der Waals surface area contributed by atoms with E-state index < -0.39 is 5.60 Å². The highest BCUT2D eigenvalue weighted by Gasteiger charge is 2.43. The van der Waals surface area contributed by atoms with Crippen LogP contribution in [0.2, 0.25) is 0 Å². The fourth-order valence-corrected chi connectivity index (χ4v) is 2.71. The first-order valence-corrected chi connectivity index (χ1v) is 7.58. The minimum atomic E-state index is -0.435. The van der Waals surface area contributed by atoms with Crippen LogP contribution in [0.5, 0.6) is 0 Å². The molecule has 0 radical (unpaired) electrons. The maximum absolute atomic E-state index is 12.4. The maximum Gasteiger partial charge on any atom is 0.410 e. The van der Waals surface area contributed by atoms with E-state index in [-0.39, 0.29) is 11.6 Å². The Morgan fingerprint density at radius 3 is 2.32 bits per heavy atom. The van der Waals surface area contributed by atoms with E-state index in [0.29, 0.717) is 12.6 Å². The highest BCUT2D eigenvalue weighted by atomic mass is 16.6. The van der Waals surface area contributed by atoms with E-state index in [1.165, 1.54) is 19.3 Å². The first kappa shape index (κ1) is 14.6. The van der Waals surface area contributed by atoms with E-state index in [0.717, 1.165) is 25.7 Å². The molecular weight excluding hydrogens is 240 g/mol. The molecule has 4 heteroatoms. The van der Waals surface area contributed by atoms with Gasteiger partial charge in [-0.3, -0.25) is 0 Å². The second-order valence-corrected chi connectivity index (χ2v) is 7.26. The zero-order chi connectivity index (χ0) is 14.1. The maximum atomic E-state index is 12.4. The highest BCUT2D eigenvalue weighted by molar-refractivity contribution is 5.68. The van der Waals surface area contributed by atoms with E-state index in [1.807, 2.05) is 25.7 Å². The van der Waals surface area contributed by atoms with Gasteiger partial charge in [-0.2, -0.15) is 0 Å². The number of nitrogens with two attached hydrogens (primary N) is 1. The Labute approximate surface area is 116 Å². The van der Waals surface area contributed by atoms with Crippen molar-refractivity contribution in [1.29, 1.82) is 0 Å². The minimum Gasteiger partial charge on any atom is -0.444 e. The first-order valence-electron chi connectivity index (χ1n) is 7.58. The van der Waals surface area contributed by atoms with Gasteiger partial charge in [0.05, 0.1) is 0 Å². The zero-order valence-corrected chi connectivity index (χ0v) is 12.6. The van der Waals surface area contributed by atoms with E-state index in [2.05, 4.69) is 0 Å². The van der Waals surface area contributed by atoms with E-state index in [4.69, 9.17) is 10.5 Å². The van der Waals surface area contributed by atoms with Gasteiger partial charge in [0.2, 0.25) is 0 Å². The molecule has 2 rings (SSSR count). The molecule has 0 spiro atoms. The predicted molar refractivity (Wildman–Crippen MR) is 76.0 cm³/mol. The van der Waals surface area contributed by atoms with Crippen LogP contribution in [0.4, 0.5) is 4.79 Å². The van der Waals surface area contributed by atoms with Crippen LogP contribution in [0, 0.1) is 0 Å². The Bertz CT molecular complexity index is 326. The van der Waals surface area contributed by atoms with Crippen molar-refractivity contribution < 1.29 is 9.53 Å². The summed E-state index contributed by atoms with van der Waals surface area (Å²) in [5.74, 6) is 0. The summed E-state index contributed by atoms with van der Waals surface area (Å²) >= 11 is 0. The molecule has 0 aromatic carbocycles. The molecule has 19 heavy (non-hydrogen) atoms. The van der Waals surface area contributed by atoms with Crippen molar-refractivity contribution in [2.45, 2.75) is 82.9 Å². The molecule has 2 saturated carbocycles. The predicted octanol–water partition coefficient (Wildman–Crippen LogP) is 3.05. The van der Waals surface area contributed by atoms with Crippen LogP contribution in [0.25, 0.3) is 0 Å². The van der Waals surface area contributed by atoms with Crippen molar-refractivity contribution in [3.8, 4) is 0 Å². The summed E-state index contributed by atoms with van der Waals surface area (Å²) in [5.41, 5.74) is 5.63. The zero-order valence-electron chi connectivity index (χ0n) is 12.6. The lowest BCUT2D eigenvalue weighted by Crippen LogP contribution is -2.50. The van der Waals surface area contributed by atoms with Crippen LogP contribution in [-0.4, -0.2) is 34.7 Å². The molecule has 2 N–H and O–H groups in total. The van der Waals surface area contributed by atoms with Gasteiger partial charge in [0.1, 0.15) is 5.60 Å². The Morgan fingerprint density at radius 1 is 1.26 bits per heavy atom. The molecule has 2 fully saturated rings. The third-order valence-corrected chi connectivity index (χ3v) is 4.02. The highest BCUT2D eigenvalue weighted by Crippen LogP contribution is 2.35. The Hall–Kier alpha value is -0.770. The number of ether oxygens (including phenoxy) is 1. The summed E-state index contributed by atoms with van der Waals surface area (Å²) in [5, 5.41) is 0. The van der Waals surface area contributed by atoms with Gasteiger partial charge in [-0.15, -0.1) is 0 Å². The molecule has 0 unspecified atom stereocenters. The van der Waals surface area contributed by atoms with Crippen LogP contribution >= 0.6 is 0 Å². The molecular formula is C15H28N2O2. The van der Waals surface area contributed by atoms with Crippen molar-refractivity contribution in [1.82, 2.24) is 4.90 Å². The molecule has 110 valence electrons. The van der Waals surface area contributed by atoms with Crippen molar-refractivity contribution in [2.75, 3.05) is 6.54 Å². The SMILES string of the molecule is CC(C)(C)OC(=O)N(CC1(N)CC1)C1CCCCC1. The monoisotopic (exact) mass is 268 g/mol. The second kappa shape index (κ2) is 5.31. The van der Waals surface area contributed by atoms with Gasteiger partial charge in [-0.05, 0) is 46.5 Å². The Kier molecular flexibility index (Phi) is 4.09. The third-order valence-electron chi connectivity index (χ3n) is 4.02. The average molecular weight is 268 g/mol. The first-order chi connectivity index (χ1) is 8.79. The van der Waals surface area contributed by atoms with Crippen LogP contribution in [-0.2, 0) is 4.74 Å². The normalized spacial score (nSPS) is 22.9. The number of hydrogen-bond donors (Lipinski definition) is 1. The van der Waals surface area contributed by atoms with Crippen LogP contribution in [0.3, 0.4) is 0 Å². The van der Waals surface area contributed by atoms with E-state index in [1.54, 1.807) is 0 Å². The number of carbonyl (C=O) groups is 1. The van der Waals surface area contributed by atoms with Crippen LogP contribution < -0.4 is 5.73 Å². The lowest BCUT2D eigenvalue weighted by Gasteiger charge is -2.37. The van der Waals surface area contributed by atoms with E-state index >= 15 is 0 Å². The van der Waals surface area contributed by atoms with Crippen LogP contribution in [0.1, 0.15) is 65.7 Å². The van der Waals surface area contributed by atoms with Crippen molar-refractivity contribution in [2.24, 2.45) is 5.73 Å². The Morgan fingerprint density at radius 2 is 1.84 bits per heavy atom. The average Bonchev–Trinajstić information content (AvgIpc) is 3.03. The lowest BCUT2D eigenvalue weighted by molar-refractivity contribution is 0.00993. The topological polar surface area (TPSA) is 55.6 Å². The van der Waals surface area contributed by atoms with Gasteiger partial charge >= 0.3 is 6.09 Å². The summed E-state index contributed by atoms with van der Waals surface area (Å²) in [6.07, 6.45) is 7.76. The fourth-order valence-electron chi connectivity index (χ4n) is 2.71. The fraction of sp³-hybridized carbons (Fsp3) is 0.933. The summed E-state index contributed by atoms with van der Waals surface area (Å²) in [6.45, 7) is 6.41. The number of carbonyl (C=O) groups excluding carboxylic acids is 1. The number of rotatable bonds is 3. The number of nitrogens with zero attached hydrogens (tertiary/aromatic N) is 1. The molecule has 0 aliphatic heterocycles. The van der Waals surface area contributed by atoms with E-state index in [9.17, 15) is 4.79 Å². The molecule has 0 aromatic heterocycles. The van der Waals surface area contributed by atoms with Gasteiger partial charge in [-0.25, -0.2) is 4.79 Å². The van der Waals surface area contributed by atoms with Crippen molar-refractivity contribution >= 4 is 6.09 Å². The molecule has 4 nitrogen and oxygen atoms in total. The van der Waals surface area contributed by atoms with Crippen molar-refractivity contribution in [3.05, 3.63) is 0 Å². The molecule has 1 amide bonds. The van der Waals surface area contributed by atoms with Gasteiger partial charge in [0.25, 0.3) is 0 Å². The summed E-state index contributed by atoms with van der Waals surface area (Å²) in [7, 11) is 0. The van der Waals surface area contributed by atoms with Crippen molar-refractivity contribution in [3.63, 3.8) is 0 Å². The summed E-state index contributed by atoms with van der Waals surface area (Å²) in [6, 6.07) is 0.324. The second-order valence-electron chi connectivity index (χ2n) is 7.26. The minimum absolute atomic E-state index is 0.144. The van der Waals surface area contributed by atoms with Gasteiger partial charge in [-0.1, -0.05) is 19.3 Å². The molecule has 2 aliphatic rings. The molecule has 0 saturated heterocycles. The largest absolute Gasteiger partial charge is 0.444 e. The molecule has 2 aliphatic carbocycles. The number of hydrogen-bond acceptors (Lipinski definition) is 3. The van der Waals surface area contributed by atoms with Gasteiger partial charge in [0.15, 0.2) is 0 Å². The Balaban J connectivity index is 2.02. The van der Waals surface area contributed by atoms with Gasteiger partial charge in [0, 0.05) is 18.1 Å². The quantitative estimate of drug-likeness (QED) is 0.856. The molecule has 0 bridgehead atoms. The van der Waals surface area contributed by atoms with Gasteiger partial charge < -0.3 is 15.4 Å². The standard InChI is InChI=1S/C15H28N2O2/c1-14(2,3)19-13(18)17(11-15(16)9-10-15)12-7-5-4-6-8-12/h12H,4-11,16H2,1-3H3. The van der Waals surface area contributed by atoms with Crippen LogP contribution in [0.15, 0.2) is 0 Å². The smallest absolute Gasteiger partial charge is 0.410 e. The molecule has 0 atom stereocenters.